The van der Waals surface area contributed by atoms with Gasteiger partial charge in [0.1, 0.15) is 0 Å². The Morgan fingerprint density at radius 2 is 2.05 bits per heavy atom. The van der Waals surface area contributed by atoms with Gasteiger partial charge in [-0.3, -0.25) is 4.79 Å². The Labute approximate surface area is 129 Å². The molecule has 3 rings (SSSR count). The number of fused-ring (bicyclic) bond motifs is 1. The maximum absolute atomic E-state index is 12.6. The minimum atomic E-state index is 0. The molecule has 1 N–H and O–H groups in total. The summed E-state index contributed by atoms with van der Waals surface area (Å²) in [5.74, 6) is 0.106. The number of carbonyl (C=O) groups is 1. The zero-order chi connectivity index (χ0) is 13.2. The highest BCUT2D eigenvalue weighted by atomic mass is 35.5. The molecule has 106 valence electrons. The molecule has 1 aromatic carbocycles. The number of hydrogen-bond acceptors (Lipinski definition) is 3. The van der Waals surface area contributed by atoms with Crippen LogP contribution in [0.5, 0.6) is 0 Å². The topological polar surface area (TPSA) is 32.3 Å². The number of thiophene rings is 1. The molecule has 20 heavy (non-hydrogen) atoms. The monoisotopic (exact) mass is 308 g/mol. The number of benzene rings is 1. The number of nitrogens with zero attached hydrogens (tertiary/aromatic N) is 1. The minimum absolute atomic E-state index is 0. The second-order valence-electron chi connectivity index (χ2n) is 4.67. The molecule has 0 saturated carbocycles. The number of hydrogen-bond donors (Lipinski definition) is 1. The lowest BCUT2D eigenvalue weighted by Gasteiger charge is -2.21. The van der Waals surface area contributed by atoms with Crippen LogP contribution in [0.1, 0.15) is 20.1 Å². The van der Waals surface area contributed by atoms with Crippen molar-refractivity contribution in [2.75, 3.05) is 18.0 Å². The first-order valence-electron chi connectivity index (χ1n) is 6.42. The molecule has 0 unspecified atom stereocenters. The van der Waals surface area contributed by atoms with Gasteiger partial charge in [0.05, 0.1) is 4.88 Å². The largest absolute Gasteiger partial charge is 0.311 e. The second kappa shape index (κ2) is 6.39. The van der Waals surface area contributed by atoms with Crippen molar-refractivity contribution < 1.29 is 4.79 Å². The molecule has 0 bridgehead atoms. The maximum Gasteiger partial charge on any atom is 0.268 e. The van der Waals surface area contributed by atoms with E-state index in [1.54, 1.807) is 11.3 Å². The lowest BCUT2D eigenvalue weighted by Crippen LogP contribution is -2.34. The van der Waals surface area contributed by atoms with Crippen molar-refractivity contribution in [1.82, 2.24) is 5.32 Å². The van der Waals surface area contributed by atoms with Gasteiger partial charge in [0.25, 0.3) is 5.91 Å². The van der Waals surface area contributed by atoms with E-state index in [0.29, 0.717) is 6.54 Å². The molecule has 0 fully saturated rings. The van der Waals surface area contributed by atoms with Crippen molar-refractivity contribution in [1.29, 1.82) is 0 Å². The highest BCUT2D eigenvalue weighted by Crippen LogP contribution is 2.26. The summed E-state index contributed by atoms with van der Waals surface area (Å²) in [5.41, 5.74) is 2.21. The van der Waals surface area contributed by atoms with Gasteiger partial charge in [0, 0.05) is 30.2 Å². The van der Waals surface area contributed by atoms with E-state index in [1.165, 1.54) is 10.4 Å². The van der Waals surface area contributed by atoms with Crippen LogP contribution in [-0.2, 0) is 6.54 Å². The molecule has 5 heteroatoms. The number of halogens is 1. The zero-order valence-electron chi connectivity index (χ0n) is 11.3. The lowest BCUT2D eigenvalue weighted by atomic mass is 10.1. The number of anilines is 1. The van der Waals surface area contributed by atoms with Gasteiger partial charge in [0.2, 0.25) is 0 Å². The van der Waals surface area contributed by atoms with Gasteiger partial charge in [-0.25, -0.2) is 0 Å². The zero-order valence-corrected chi connectivity index (χ0v) is 12.9. The van der Waals surface area contributed by atoms with Crippen LogP contribution < -0.4 is 10.2 Å². The Morgan fingerprint density at radius 3 is 2.80 bits per heavy atom. The van der Waals surface area contributed by atoms with Crippen molar-refractivity contribution in [3.63, 3.8) is 0 Å². The fourth-order valence-electron chi connectivity index (χ4n) is 2.35. The van der Waals surface area contributed by atoms with Crippen molar-refractivity contribution in [2.24, 2.45) is 0 Å². The smallest absolute Gasteiger partial charge is 0.268 e. The molecule has 0 spiro atoms. The average molecular weight is 309 g/mol. The quantitative estimate of drug-likeness (QED) is 0.877. The van der Waals surface area contributed by atoms with E-state index in [-0.39, 0.29) is 18.3 Å². The highest BCUT2D eigenvalue weighted by Gasteiger charge is 2.22. The van der Waals surface area contributed by atoms with Crippen LogP contribution in [0.15, 0.2) is 36.4 Å². The number of aryl methyl sites for hydroxylation is 1. The molecule has 1 aromatic heterocycles. The van der Waals surface area contributed by atoms with Crippen molar-refractivity contribution >= 4 is 35.3 Å². The van der Waals surface area contributed by atoms with E-state index in [1.807, 2.05) is 42.2 Å². The third-order valence-corrected chi connectivity index (χ3v) is 4.30. The molecular formula is C15H17ClN2OS. The Bertz CT molecular complexity index is 611. The van der Waals surface area contributed by atoms with Gasteiger partial charge in [-0.05, 0) is 30.7 Å². The van der Waals surface area contributed by atoms with Gasteiger partial charge in [0.15, 0.2) is 0 Å². The molecular weight excluding hydrogens is 292 g/mol. The van der Waals surface area contributed by atoms with Crippen LogP contribution in [0.2, 0.25) is 0 Å². The first-order chi connectivity index (χ1) is 9.25. The van der Waals surface area contributed by atoms with Crippen molar-refractivity contribution in [3.8, 4) is 0 Å². The third kappa shape index (κ3) is 2.87. The summed E-state index contributed by atoms with van der Waals surface area (Å²) in [6.07, 6.45) is 0. The molecule has 2 heterocycles. The fraction of sp³-hybridized carbons (Fsp3) is 0.267. The van der Waals surface area contributed by atoms with Crippen LogP contribution >= 0.6 is 23.7 Å². The molecule has 2 aromatic rings. The van der Waals surface area contributed by atoms with Crippen LogP contribution in [0.4, 0.5) is 5.69 Å². The summed E-state index contributed by atoms with van der Waals surface area (Å²) < 4.78 is 0. The van der Waals surface area contributed by atoms with Gasteiger partial charge >= 0.3 is 0 Å². The average Bonchev–Trinajstić information content (AvgIpc) is 2.74. The van der Waals surface area contributed by atoms with Gasteiger partial charge in [-0.1, -0.05) is 18.2 Å². The van der Waals surface area contributed by atoms with E-state index >= 15 is 0 Å². The molecule has 3 nitrogen and oxygen atoms in total. The van der Waals surface area contributed by atoms with Gasteiger partial charge in [-0.15, -0.1) is 23.7 Å². The third-order valence-electron chi connectivity index (χ3n) is 3.31. The van der Waals surface area contributed by atoms with Crippen LogP contribution in [0, 0.1) is 6.92 Å². The van der Waals surface area contributed by atoms with Crippen molar-refractivity contribution in [3.05, 3.63) is 51.7 Å². The summed E-state index contributed by atoms with van der Waals surface area (Å²) in [4.78, 5) is 16.5. The van der Waals surface area contributed by atoms with E-state index in [4.69, 9.17) is 0 Å². The summed E-state index contributed by atoms with van der Waals surface area (Å²) >= 11 is 1.56. The SMILES string of the molecule is Cc1ccc(C(=O)N2CCNCc3ccccc32)s1.Cl. The fourth-order valence-corrected chi connectivity index (χ4v) is 3.17. The molecule has 1 aliphatic heterocycles. The minimum Gasteiger partial charge on any atom is -0.311 e. The normalized spacial score (nSPS) is 14.2. The van der Waals surface area contributed by atoms with Crippen molar-refractivity contribution in [2.45, 2.75) is 13.5 Å². The standard InChI is InChI=1S/C15H16N2OS.ClH/c1-11-6-7-14(19-11)15(18)17-9-8-16-10-12-4-2-3-5-13(12)17;/h2-7,16H,8-10H2,1H3;1H. The highest BCUT2D eigenvalue weighted by molar-refractivity contribution is 7.14. The van der Waals surface area contributed by atoms with E-state index < -0.39 is 0 Å². The number of para-hydroxylation sites is 1. The molecule has 1 aliphatic rings. The van der Waals surface area contributed by atoms with Gasteiger partial charge < -0.3 is 10.2 Å². The Hall–Kier alpha value is -1.36. The predicted octanol–water partition coefficient (Wildman–Crippen LogP) is 3.23. The van der Waals surface area contributed by atoms with Gasteiger partial charge in [-0.2, -0.15) is 0 Å². The molecule has 0 atom stereocenters. The van der Waals surface area contributed by atoms with E-state index in [9.17, 15) is 4.79 Å². The van der Waals surface area contributed by atoms with Crippen LogP contribution in [0.3, 0.4) is 0 Å². The summed E-state index contributed by atoms with van der Waals surface area (Å²) in [5, 5.41) is 3.35. The summed E-state index contributed by atoms with van der Waals surface area (Å²) in [6.45, 7) is 4.39. The Morgan fingerprint density at radius 1 is 1.25 bits per heavy atom. The molecule has 0 saturated heterocycles. The molecule has 1 amide bonds. The van der Waals surface area contributed by atoms with E-state index in [2.05, 4.69) is 11.4 Å². The second-order valence-corrected chi connectivity index (χ2v) is 5.96. The van der Waals surface area contributed by atoms with Crippen LogP contribution in [-0.4, -0.2) is 19.0 Å². The van der Waals surface area contributed by atoms with E-state index in [0.717, 1.165) is 23.7 Å². The molecule has 0 aliphatic carbocycles. The number of rotatable bonds is 1. The summed E-state index contributed by atoms with van der Waals surface area (Å²) in [6, 6.07) is 12.0. The molecule has 0 radical (unpaired) electrons. The number of amides is 1. The summed E-state index contributed by atoms with van der Waals surface area (Å²) in [7, 11) is 0. The van der Waals surface area contributed by atoms with Crippen LogP contribution in [0.25, 0.3) is 0 Å². The first kappa shape index (κ1) is 15.0. The lowest BCUT2D eigenvalue weighted by molar-refractivity contribution is 0.0991. The Balaban J connectivity index is 0.00000147. The Kier molecular flexibility index (Phi) is 4.81. The first-order valence-corrected chi connectivity index (χ1v) is 7.24. The maximum atomic E-state index is 12.6. The number of carbonyl (C=O) groups excluding carboxylic acids is 1. The predicted molar refractivity (Wildman–Crippen MR) is 86.1 cm³/mol. The number of nitrogens with one attached hydrogen (secondary N) is 1.